The van der Waals surface area contributed by atoms with Crippen LogP contribution in [0.5, 0.6) is 0 Å². The highest BCUT2D eigenvalue weighted by molar-refractivity contribution is 5.92. The minimum atomic E-state index is -1.10. The molecule has 0 radical (unpaired) electrons. The van der Waals surface area contributed by atoms with Gasteiger partial charge in [-0.25, -0.2) is 14.1 Å². The molecule has 26 heavy (non-hydrogen) atoms. The molecule has 0 fully saturated rings. The van der Waals surface area contributed by atoms with E-state index in [1.807, 2.05) is 20.8 Å². The SMILES string of the molecule is CCC(C)N(CC(=O)O)C(=O)c1nc(C(C)C)n(-c2cccc(F)c2)n1. The van der Waals surface area contributed by atoms with Crippen molar-refractivity contribution in [2.45, 2.75) is 46.1 Å². The first-order valence-electron chi connectivity index (χ1n) is 8.50. The van der Waals surface area contributed by atoms with Crippen molar-refractivity contribution in [3.05, 3.63) is 41.7 Å². The van der Waals surface area contributed by atoms with Crippen molar-refractivity contribution < 1.29 is 19.1 Å². The molecule has 140 valence electrons. The van der Waals surface area contributed by atoms with E-state index >= 15 is 0 Å². The Morgan fingerprint density at radius 1 is 1.31 bits per heavy atom. The lowest BCUT2D eigenvalue weighted by molar-refractivity contribution is -0.138. The van der Waals surface area contributed by atoms with Gasteiger partial charge in [0.15, 0.2) is 0 Å². The normalized spacial score (nSPS) is 12.2. The van der Waals surface area contributed by atoms with Crippen molar-refractivity contribution in [3.63, 3.8) is 0 Å². The fraction of sp³-hybridized carbons (Fsp3) is 0.444. The van der Waals surface area contributed by atoms with Crippen LogP contribution in [0.25, 0.3) is 5.69 Å². The zero-order valence-electron chi connectivity index (χ0n) is 15.3. The molecule has 0 saturated heterocycles. The summed E-state index contributed by atoms with van der Waals surface area (Å²) in [5.74, 6) is -1.75. The van der Waals surface area contributed by atoms with Crippen molar-refractivity contribution in [1.82, 2.24) is 19.7 Å². The Morgan fingerprint density at radius 2 is 2.00 bits per heavy atom. The second-order valence-electron chi connectivity index (χ2n) is 6.42. The molecule has 1 aromatic carbocycles. The number of carboxylic acid groups (broad SMARTS) is 1. The van der Waals surface area contributed by atoms with Crippen LogP contribution in [-0.2, 0) is 4.79 Å². The summed E-state index contributed by atoms with van der Waals surface area (Å²) >= 11 is 0. The highest BCUT2D eigenvalue weighted by Gasteiger charge is 2.28. The van der Waals surface area contributed by atoms with Crippen LogP contribution < -0.4 is 0 Å². The first-order chi connectivity index (χ1) is 12.2. The van der Waals surface area contributed by atoms with Gasteiger partial charge in [0, 0.05) is 12.0 Å². The number of hydrogen-bond acceptors (Lipinski definition) is 4. The minimum Gasteiger partial charge on any atom is -0.480 e. The van der Waals surface area contributed by atoms with E-state index in [9.17, 15) is 14.0 Å². The van der Waals surface area contributed by atoms with E-state index < -0.39 is 24.2 Å². The fourth-order valence-electron chi connectivity index (χ4n) is 2.51. The summed E-state index contributed by atoms with van der Waals surface area (Å²) in [4.78, 5) is 29.5. The van der Waals surface area contributed by atoms with E-state index in [1.54, 1.807) is 19.1 Å². The van der Waals surface area contributed by atoms with E-state index in [1.165, 1.54) is 21.7 Å². The minimum absolute atomic E-state index is 0.0659. The summed E-state index contributed by atoms with van der Waals surface area (Å²) in [5, 5.41) is 13.3. The molecule has 1 aromatic heterocycles. The number of aromatic nitrogens is 3. The van der Waals surface area contributed by atoms with E-state index in [2.05, 4.69) is 10.1 Å². The number of aliphatic carboxylic acids is 1. The van der Waals surface area contributed by atoms with Gasteiger partial charge in [0.1, 0.15) is 18.2 Å². The maximum absolute atomic E-state index is 13.6. The maximum Gasteiger partial charge on any atom is 0.323 e. The number of hydrogen-bond donors (Lipinski definition) is 1. The molecule has 0 aliphatic rings. The van der Waals surface area contributed by atoms with Gasteiger partial charge in [-0.3, -0.25) is 9.59 Å². The molecule has 1 atom stereocenters. The topological polar surface area (TPSA) is 88.3 Å². The first kappa shape index (κ1) is 19.6. The molecule has 2 aromatic rings. The second-order valence-corrected chi connectivity index (χ2v) is 6.42. The molecular weight excluding hydrogens is 339 g/mol. The standard InChI is InChI=1S/C18H23FN4O3/c1-5-12(4)22(10-15(24)25)18(26)16-20-17(11(2)3)23(21-16)14-8-6-7-13(19)9-14/h6-9,11-12H,5,10H2,1-4H3,(H,24,25). The van der Waals surface area contributed by atoms with Gasteiger partial charge in [-0.15, -0.1) is 5.10 Å². The molecule has 1 amide bonds. The first-order valence-corrected chi connectivity index (χ1v) is 8.50. The zero-order chi connectivity index (χ0) is 19.4. The van der Waals surface area contributed by atoms with Crippen LogP contribution in [0.4, 0.5) is 4.39 Å². The highest BCUT2D eigenvalue weighted by atomic mass is 19.1. The van der Waals surface area contributed by atoms with E-state index in [4.69, 9.17) is 5.11 Å². The van der Waals surface area contributed by atoms with E-state index in [-0.39, 0.29) is 17.8 Å². The molecule has 0 spiro atoms. The molecular formula is C18H23FN4O3. The Labute approximate surface area is 151 Å². The van der Waals surface area contributed by atoms with Crippen molar-refractivity contribution in [1.29, 1.82) is 0 Å². The number of benzene rings is 1. The molecule has 0 aliphatic carbocycles. The monoisotopic (exact) mass is 362 g/mol. The number of carbonyl (C=O) groups excluding carboxylic acids is 1. The average molecular weight is 362 g/mol. The zero-order valence-corrected chi connectivity index (χ0v) is 15.3. The summed E-state index contributed by atoms with van der Waals surface area (Å²) in [6.45, 7) is 6.98. The summed E-state index contributed by atoms with van der Waals surface area (Å²) in [6, 6.07) is 5.56. The van der Waals surface area contributed by atoms with E-state index in [0.29, 0.717) is 17.9 Å². The molecule has 8 heteroatoms. The summed E-state index contributed by atoms with van der Waals surface area (Å²) in [7, 11) is 0. The third-order valence-electron chi connectivity index (χ3n) is 4.08. The fourth-order valence-corrected chi connectivity index (χ4v) is 2.51. The number of rotatable bonds is 7. The molecule has 0 saturated carbocycles. The maximum atomic E-state index is 13.6. The van der Waals surface area contributed by atoms with Crippen molar-refractivity contribution in [3.8, 4) is 5.69 Å². The van der Waals surface area contributed by atoms with Crippen molar-refractivity contribution in [2.24, 2.45) is 0 Å². The molecule has 0 bridgehead atoms. The van der Waals surface area contributed by atoms with Gasteiger partial charge < -0.3 is 10.0 Å². The van der Waals surface area contributed by atoms with Crippen LogP contribution in [0.15, 0.2) is 24.3 Å². The van der Waals surface area contributed by atoms with Crippen LogP contribution in [-0.4, -0.2) is 49.2 Å². The molecule has 2 rings (SSSR count). The molecule has 1 N–H and O–H groups in total. The summed E-state index contributed by atoms with van der Waals surface area (Å²) < 4.78 is 15.0. The molecule has 0 aliphatic heterocycles. The molecule has 1 unspecified atom stereocenters. The van der Waals surface area contributed by atoms with Gasteiger partial charge in [0.05, 0.1) is 5.69 Å². The van der Waals surface area contributed by atoms with Gasteiger partial charge in [-0.05, 0) is 31.5 Å². The number of amides is 1. The Morgan fingerprint density at radius 3 is 2.54 bits per heavy atom. The Bertz CT molecular complexity index is 803. The molecule has 7 nitrogen and oxygen atoms in total. The van der Waals surface area contributed by atoms with Crippen LogP contribution in [0.2, 0.25) is 0 Å². The summed E-state index contributed by atoms with van der Waals surface area (Å²) in [6.07, 6.45) is 0.598. The number of carboxylic acids is 1. The van der Waals surface area contributed by atoms with Gasteiger partial charge in [-0.1, -0.05) is 26.8 Å². The smallest absolute Gasteiger partial charge is 0.323 e. The van der Waals surface area contributed by atoms with Crippen LogP contribution >= 0.6 is 0 Å². The van der Waals surface area contributed by atoms with Crippen LogP contribution in [0.3, 0.4) is 0 Å². The lowest BCUT2D eigenvalue weighted by Crippen LogP contribution is -2.42. The van der Waals surface area contributed by atoms with Gasteiger partial charge >= 0.3 is 5.97 Å². The third-order valence-corrected chi connectivity index (χ3v) is 4.08. The predicted molar refractivity (Wildman–Crippen MR) is 93.8 cm³/mol. The summed E-state index contributed by atoms with van der Waals surface area (Å²) in [5.41, 5.74) is 0.452. The number of halogens is 1. The van der Waals surface area contributed by atoms with Gasteiger partial charge in [-0.2, -0.15) is 0 Å². The van der Waals surface area contributed by atoms with Gasteiger partial charge in [0.2, 0.25) is 5.82 Å². The Balaban J connectivity index is 2.47. The van der Waals surface area contributed by atoms with Crippen LogP contribution in [0, 0.1) is 5.82 Å². The largest absolute Gasteiger partial charge is 0.480 e. The lowest BCUT2D eigenvalue weighted by atomic mass is 10.2. The van der Waals surface area contributed by atoms with Crippen LogP contribution in [0.1, 0.15) is 56.5 Å². The number of carbonyl (C=O) groups is 2. The van der Waals surface area contributed by atoms with Crippen molar-refractivity contribution >= 4 is 11.9 Å². The predicted octanol–water partition coefficient (Wildman–Crippen LogP) is 2.86. The second kappa shape index (κ2) is 8.07. The quantitative estimate of drug-likeness (QED) is 0.818. The Hall–Kier alpha value is -2.77. The Kier molecular flexibility index (Phi) is 6.07. The van der Waals surface area contributed by atoms with Crippen molar-refractivity contribution in [2.75, 3.05) is 6.54 Å². The third kappa shape index (κ3) is 4.25. The molecule has 1 heterocycles. The van der Waals surface area contributed by atoms with E-state index in [0.717, 1.165) is 0 Å². The number of nitrogens with zero attached hydrogens (tertiary/aromatic N) is 4. The lowest BCUT2D eigenvalue weighted by Gasteiger charge is -2.25. The van der Waals surface area contributed by atoms with Gasteiger partial charge in [0.25, 0.3) is 5.91 Å². The highest BCUT2D eigenvalue weighted by Crippen LogP contribution is 2.19. The average Bonchev–Trinajstić information content (AvgIpc) is 3.04.